The number of aromatic nitrogens is 1. The Kier molecular flexibility index (Phi) is 8.28. The van der Waals surface area contributed by atoms with Crippen molar-refractivity contribution in [1.29, 1.82) is 0 Å². The molecule has 38 heavy (non-hydrogen) atoms. The van der Waals surface area contributed by atoms with Crippen molar-refractivity contribution in [3.63, 3.8) is 0 Å². The first-order chi connectivity index (χ1) is 18.2. The smallest absolute Gasteiger partial charge is 0.230 e. The largest absolute Gasteiger partial charge is 0.351 e. The summed E-state index contributed by atoms with van der Waals surface area (Å²) in [5.41, 5.74) is 1.82. The Morgan fingerprint density at radius 3 is 2.58 bits per heavy atom. The van der Waals surface area contributed by atoms with Crippen molar-refractivity contribution in [2.24, 2.45) is 0 Å². The number of nitrogens with zero attached hydrogens (tertiary/aromatic N) is 2. The van der Waals surface area contributed by atoms with Crippen LogP contribution in [0.4, 0.5) is 13.9 Å². The number of likely N-dealkylation sites (tertiary alicyclic amines) is 1. The Labute approximate surface area is 233 Å². The first kappa shape index (κ1) is 27.0. The number of aryl methyl sites for hydroxylation is 1. The van der Waals surface area contributed by atoms with Crippen molar-refractivity contribution in [2.75, 3.05) is 18.4 Å². The Bertz CT molecular complexity index is 1330. The fourth-order valence-corrected chi connectivity index (χ4v) is 6.69. The van der Waals surface area contributed by atoms with Gasteiger partial charge in [-0.15, -0.1) is 11.3 Å². The zero-order chi connectivity index (χ0) is 26.8. The van der Waals surface area contributed by atoms with E-state index in [1.807, 2.05) is 18.2 Å². The van der Waals surface area contributed by atoms with Crippen LogP contribution in [0.15, 0.2) is 36.4 Å². The Morgan fingerprint density at radius 1 is 1.11 bits per heavy atom. The molecule has 2 aromatic carbocycles. The lowest BCUT2D eigenvalue weighted by atomic mass is 9.90. The summed E-state index contributed by atoms with van der Waals surface area (Å²) < 4.78 is 26.9. The fraction of sp³-hybridized carbons (Fsp3) is 0.370. The van der Waals surface area contributed by atoms with Gasteiger partial charge in [0.05, 0.1) is 18.0 Å². The van der Waals surface area contributed by atoms with Gasteiger partial charge in [-0.05, 0) is 55.5 Å². The topological polar surface area (TPSA) is 74.3 Å². The lowest BCUT2D eigenvalue weighted by molar-refractivity contribution is -0.123. The van der Waals surface area contributed by atoms with Crippen LogP contribution in [0.3, 0.4) is 0 Å². The van der Waals surface area contributed by atoms with E-state index in [0.717, 1.165) is 54.4 Å². The Balaban J connectivity index is 1.19. The Hall–Kier alpha value is -2.59. The van der Waals surface area contributed by atoms with Gasteiger partial charge in [0.25, 0.3) is 0 Å². The van der Waals surface area contributed by atoms with Crippen LogP contribution >= 0.6 is 34.5 Å². The summed E-state index contributed by atoms with van der Waals surface area (Å²) in [6.07, 6.45) is 2.97. The van der Waals surface area contributed by atoms with Crippen molar-refractivity contribution >= 4 is 51.5 Å². The predicted octanol–water partition coefficient (Wildman–Crippen LogP) is 5.72. The lowest BCUT2D eigenvalue weighted by Crippen LogP contribution is -2.40. The molecule has 0 saturated carbocycles. The number of nitrogens with one attached hydrogen (secondary N) is 2. The number of hydrogen-bond acceptors (Lipinski definition) is 5. The molecule has 0 radical (unpaired) electrons. The number of amides is 2. The van der Waals surface area contributed by atoms with Crippen molar-refractivity contribution in [1.82, 2.24) is 15.2 Å². The maximum absolute atomic E-state index is 13.4. The van der Waals surface area contributed by atoms with Gasteiger partial charge < -0.3 is 10.6 Å². The highest BCUT2D eigenvalue weighted by Crippen LogP contribution is 2.37. The zero-order valence-corrected chi connectivity index (χ0v) is 22.7. The van der Waals surface area contributed by atoms with Gasteiger partial charge in [0.2, 0.25) is 11.8 Å². The van der Waals surface area contributed by atoms with Gasteiger partial charge in [0.15, 0.2) is 5.13 Å². The van der Waals surface area contributed by atoms with Gasteiger partial charge >= 0.3 is 0 Å². The highest BCUT2D eigenvalue weighted by molar-refractivity contribution is 7.15. The maximum Gasteiger partial charge on any atom is 0.230 e. The van der Waals surface area contributed by atoms with Gasteiger partial charge in [-0.1, -0.05) is 29.3 Å². The zero-order valence-electron chi connectivity index (χ0n) is 20.4. The van der Waals surface area contributed by atoms with Crippen molar-refractivity contribution < 1.29 is 18.4 Å². The highest BCUT2D eigenvalue weighted by atomic mass is 35.5. The maximum atomic E-state index is 13.4. The summed E-state index contributed by atoms with van der Waals surface area (Å²) in [6.45, 7) is 2.15. The quantitative estimate of drug-likeness (QED) is 0.376. The third-order valence-electron chi connectivity index (χ3n) is 6.87. The molecule has 0 spiro atoms. The molecule has 1 fully saturated rings. The molecule has 6 nitrogen and oxygen atoms in total. The highest BCUT2D eigenvalue weighted by Gasteiger charge is 2.33. The van der Waals surface area contributed by atoms with Crippen LogP contribution < -0.4 is 10.6 Å². The molecule has 2 N–H and O–H groups in total. The molecule has 2 heterocycles. The Morgan fingerprint density at radius 2 is 1.84 bits per heavy atom. The molecule has 2 unspecified atom stereocenters. The van der Waals surface area contributed by atoms with E-state index in [1.54, 1.807) is 0 Å². The molecule has 2 aliphatic rings. The van der Waals surface area contributed by atoms with E-state index in [-0.39, 0.29) is 29.9 Å². The van der Waals surface area contributed by atoms with Crippen molar-refractivity contribution in [3.05, 3.63) is 79.8 Å². The number of carbonyl (C=O) groups excluding carboxylic acids is 2. The second-order valence-electron chi connectivity index (χ2n) is 9.70. The summed E-state index contributed by atoms with van der Waals surface area (Å²) in [7, 11) is 0. The lowest BCUT2D eigenvalue weighted by Gasteiger charge is -2.23. The molecule has 1 saturated heterocycles. The minimum absolute atomic E-state index is 0.0126. The average molecular weight is 580 g/mol. The minimum atomic E-state index is -0.732. The van der Waals surface area contributed by atoms with Crippen LogP contribution in [0.25, 0.3) is 0 Å². The summed E-state index contributed by atoms with van der Waals surface area (Å²) >= 11 is 14.0. The summed E-state index contributed by atoms with van der Waals surface area (Å²) in [4.78, 5) is 33.5. The van der Waals surface area contributed by atoms with Gasteiger partial charge in [-0.25, -0.2) is 13.8 Å². The van der Waals surface area contributed by atoms with Crippen LogP contribution in [0.1, 0.15) is 46.9 Å². The molecule has 1 aliphatic heterocycles. The van der Waals surface area contributed by atoms with E-state index < -0.39 is 17.5 Å². The normalized spacial score (nSPS) is 19.3. The number of hydrogen-bond donors (Lipinski definition) is 2. The first-order valence-electron chi connectivity index (χ1n) is 12.4. The number of rotatable bonds is 7. The molecule has 5 rings (SSSR count). The van der Waals surface area contributed by atoms with Crippen LogP contribution in [0, 0.1) is 11.6 Å². The van der Waals surface area contributed by atoms with Crippen LogP contribution in [0.2, 0.25) is 10.0 Å². The van der Waals surface area contributed by atoms with E-state index in [0.29, 0.717) is 40.4 Å². The number of benzene rings is 2. The predicted molar refractivity (Wildman–Crippen MR) is 145 cm³/mol. The van der Waals surface area contributed by atoms with Gasteiger partial charge in [-0.3, -0.25) is 14.5 Å². The van der Waals surface area contributed by atoms with Crippen molar-refractivity contribution in [3.8, 4) is 0 Å². The second-order valence-corrected chi connectivity index (χ2v) is 11.6. The third kappa shape index (κ3) is 6.34. The molecule has 1 aliphatic carbocycles. The molecule has 200 valence electrons. The SMILES string of the molecule is O=C(Cc1cc(F)cc(F)c1)Nc1nc2c(s1)CCCC2C(=O)NC1CCN(Cc2c(Cl)cccc2Cl)C1. The van der Waals surface area contributed by atoms with Gasteiger partial charge in [0, 0.05) is 52.2 Å². The molecule has 0 bridgehead atoms. The van der Waals surface area contributed by atoms with Gasteiger partial charge in [0.1, 0.15) is 11.6 Å². The summed E-state index contributed by atoms with van der Waals surface area (Å²) in [5.74, 6) is -2.34. The third-order valence-corrected chi connectivity index (χ3v) is 8.62. The average Bonchev–Trinajstić information content (AvgIpc) is 3.46. The minimum Gasteiger partial charge on any atom is -0.351 e. The van der Waals surface area contributed by atoms with E-state index in [9.17, 15) is 18.4 Å². The van der Waals surface area contributed by atoms with Crippen LogP contribution in [0.5, 0.6) is 0 Å². The molecule has 2 amide bonds. The van der Waals surface area contributed by atoms with Crippen LogP contribution in [-0.4, -0.2) is 40.8 Å². The fourth-order valence-electron chi connectivity index (χ4n) is 5.09. The van der Waals surface area contributed by atoms with Crippen LogP contribution in [-0.2, 0) is 29.0 Å². The molecule has 2 atom stereocenters. The number of halogens is 4. The summed E-state index contributed by atoms with van der Waals surface area (Å²) in [6, 6.07) is 8.50. The number of thiazole rings is 1. The van der Waals surface area contributed by atoms with E-state index >= 15 is 0 Å². The molecule has 1 aromatic heterocycles. The number of fused-ring (bicyclic) bond motifs is 1. The van der Waals surface area contributed by atoms with E-state index in [4.69, 9.17) is 23.2 Å². The van der Waals surface area contributed by atoms with E-state index in [1.165, 1.54) is 11.3 Å². The molecule has 3 aromatic rings. The first-order valence-corrected chi connectivity index (χ1v) is 14.0. The van der Waals surface area contributed by atoms with Crippen molar-refractivity contribution in [2.45, 2.75) is 50.6 Å². The second kappa shape index (κ2) is 11.7. The molecule has 11 heteroatoms. The molecular formula is C27H26Cl2F2N4O2S. The standard InChI is InChI=1S/C27H26Cl2F2N4O2S/c28-21-4-2-5-22(29)20(21)14-35-8-7-18(13-35)32-26(37)19-3-1-6-23-25(19)34-27(38-23)33-24(36)11-15-9-16(30)12-17(31)10-15/h2,4-5,9-10,12,18-19H,1,3,6-8,11,13-14H2,(H,32,37)(H,33,34,36). The number of anilines is 1. The van der Waals surface area contributed by atoms with E-state index in [2.05, 4.69) is 20.5 Å². The summed E-state index contributed by atoms with van der Waals surface area (Å²) in [5, 5.41) is 7.56. The number of carbonyl (C=O) groups is 2. The van der Waals surface area contributed by atoms with Gasteiger partial charge in [-0.2, -0.15) is 0 Å². The monoisotopic (exact) mass is 578 g/mol. The molecular weight excluding hydrogens is 553 g/mol.